The zero-order chi connectivity index (χ0) is 14.7. The number of allylic oxidation sites excluding steroid dienone is 1. The molecule has 102 valence electrons. The van der Waals surface area contributed by atoms with Gasteiger partial charge in [0.1, 0.15) is 0 Å². The third-order valence-corrected chi connectivity index (χ3v) is 3.06. The van der Waals surface area contributed by atoms with E-state index >= 15 is 0 Å². The normalized spacial score (nSPS) is 10.2. The molecule has 0 saturated heterocycles. The molecule has 0 fully saturated rings. The van der Waals surface area contributed by atoms with Gasteiger partial charge in [0.05, 0.1) is 5.02 Å². The molecule has 0 amide bonds. The van der Waals surface area contributed by atoms with Crippen molar-refractivity contribution in [2.75, 3.05) is 0 Å². The summed E-state index contributed by atoms with van der Waals surface area (Å²) in [6.45, 7) is 3.50. The van der Waals surface area contributed by atoms with Crippen molar-refractivity contribution in [3.8, 4) is 5.75 Å². The van der Waals surface area contributed by atoms with Crippen LogP contribution in [0.25, 0.3) is 0 Å². The third kappa shape index (κ3) is 3.18. The SMILES string of the molecule is C=C(Oc1ccc(Cl)cc1F)C(=O)c1ccccc1Cl. The largest absolute Gasteiger partial charge is 0.451 e. The highest BCUT2D eigenvalue weighted by atomic mass is 35.5. The third-order valence-electron chi connectivity index (χ3n) is 2.50. The van der Waals surface area contributed by atoms with Gasteiger partial charge in [-0.15, -0.1) is 0 Å². The quantitative estimate of drug-likeness (QED) is 0.456. The van der Waals surface area contributed by atoms with Gasteiger partial charge in [-0.25, -0.2) is 4.39 Å². The number of hydrogen-bond donors (Lipinski definition) is 0. The fraction of sp³-hybridized carbons (Fsp3) is 0. The molecule has 2 aromatic carbocycles. The lowest BCUT2D eigenvalue weighted by Crippen LogP contribution is -2.09. The second-order valence-corrected chi connectivity index (χ2v) is 4.75. The summed E-state index contributed by atoms with van der Waals surface area (Å²) in [5.41, 5.74) is 0.244. The number of carbonyl (C=O) groups is 1. The summed E-state index contributed by atoms with van der Waals surface area (Å²) in [6.07, 6.45) is 0. The average molecular weight is 311 g/mol. The predicted octanol–water partition coefficient (Wildman–Crippen LogP) is 4.91. The van der Waals surface area contributed by atoms with Crippen LogP contribution in [-0.4, -0.2) is 5.78 Å². The second kappa shape index (κ2) is 6.07. The Kier molecular flexibility index (Phi) is 4.42. The van der Waals surface area contributed by atoms with Gasteiger partial charge >= 0.3 is 0 Å². The zero-order valence-corrected chi connectivity index (χ0v) is 11.7. The van der Waals surface area contributed by atoms with Crippen molar-refractivity contribution in [3.05, 3.63) is 76.2 Å². The minimum absolute atomic E-state index is 0.125. The summed E-state index contributed by atoms with van der Waals surface area (Å²) >= 11 is 11.5. The van der Waals surface area contributed by atoms with Crippen molar-refractivity contribution >= 4 is 29.0 Å². The molecule has 5 heteroatoms. The van der Waals surface area contributed by atoms with E-state index in [9.17, 15) is 9.18 Å². The molecule has 0 aromatic heterocycles. The molecule has 0 radical (unpaired) electrons. The number of ether oxygens (including phenoxy) is 1. The Hall–Kier alpha value is -1.84. The lowest BCUT2D eigenvalue weighted by Gasteiger charge is -2.09. The van der Waals surface area contributed by atoms with E-state index in [2.05, 4.69) is 6.58 Å². The van der Waals surface area contributed by atoms with Crippen LogP contribution in [0.4, 0.5) is 4.39 Å². The number of benzene rings is 2. The molecule has 0 N–H and O–H groups in total. The van der Waals surface area contributed by atoms with Crippen LogP contribution in [0.3, 0.4) is 0 Å². The minimum atomic E-state index is -0.675. The first-order chi connectivity index (χ1) is 9.49. The molecule has 0 aliphatic rings. The topological polar surface area (TPSA) is 26.3 Å². The number of carbonyl (C=O) groups excluding carboxylic acids is 1. The number of ketones is 1. The van der Waals surface area contributed by atoms with Crippen LogP contribution in [0.15, 0.2) is 54.8 Å². The molecule has 2 rings (SSSR count). The van der Waals surface area contributed by atoms with Crippen LogP contribution in [0.5, 0.6) is 5.75 Å². The van der Waals surface area contributed by atoms with E-state index in [1.165, 1.54) is 18.2 Å². The van der Waals surface area contributed by atoms with E-state index in [4.69, 9.17) is 27.9 Å². The van der Waals surface area contributed by atoms with Crippen LogP contribution in [0.2, 0.25) is 10.0 Å². The molecule has 0 spiro atoms. The standard InChI is InChI=1S/C15H9Cl2FO2/c1-9(15(19)11-4-2-3-5-12(11)17)20-14-7-6-10(16)8-13(14)18/h2-8H,1H2. The number of halogens is 3. The highest BCUT2D eigenvalue weighted by molar-refractivity contribution is 6.34. The van der Waals surface area contributed by atoms with E-state index in [0.717, 1.165) is 6.07 Å². The Labute approximate surface area is 125 Å². The van der Waals surface area contributed by atoms with Gasteiger partial charge in [0.25, 0.3) is 0 Å². The van der Waals surface area contributed by atoms with Gasteiger partial charge in [0.2, 0.25) is 5.78 Å². The Balaban J connectivity index is 2.20. The Bertz CT molecular complexity index is 683. The van der Waals surface area contributed by atoms with Crippen molar-refractivity contribution in [2.45, 2.75) is 0 Å². The van der Waals surface area contributed by atoms with E-state index in [1.54, 1.807) is 18.2 Å². The molecule has 0 bridgehead atoms. The van der Waals surface area contributed by atoms with Gasteiger partial charge in [-0.1, -0.05) is 41.9 Å². The number of Topliss-reactive ketones (excluding diaryl/α,β-unsaturated/α-hetero) is 1. The average Bonchev–Trinajstić information content (AvgIpc) is 2.41. The molecule has 0 saturated carbocycles. The summed E-state index contributed by atoms with van der Waals surface area (Å²) in [5.74, 6) is -1.53. The molecule has 0 aliphatic heterocycles. The molecular weight excluding hydrogens is 302 g/mol. The molecule has 0 aliphatic carbocycles. The lowest BCUT2D eigenvalue weighted by atomic mass is 10.1. The summed E-state index contributed by atoms with van der Waals surface area (Å²) in [4.78, 5) is 12.1. The van der Waals surface area contributed by atoms with Gasteiger partial charge in [0, 0.05) is 10.6 Å². The maximum atomic E-state index is 13.6. The highest BCUT2D eigenvalue weighted by Crippen LogP contribution is 2.24. The Morgan fingerprint density at radius 1 is 1.15 bits per heavy atom. The first kappa shape index (κ1) is 14.6. The molecule has 2 nitrogen and oxygen atoms in total. The first-order valence-electron chi connectivity index (χ1n) is 5.60. The van der Waals surface area contributed by atoms with Gasteiger partial charge in [-0.05, 0) is 30.3 Å². The molecule has 0 unspecified atom stereocenters. The first-order valence-corrected chi connectivity index (χ1v) is 6.35. The molecule has 2 aromatic rings. The number of hydrogen-bond acceptors (Lipinski definition) is 2. The number of rotatable bonds is 4. The summed E-state index contributed by atoms with van der Waals surface area (Å²) in [7, 11) is 0. The fourth-order valence-electron chi connectivity index (χ4n) is 1.53. The van der Waals surface area contributed by atoms with Gasteiger partial charge < -0.3 is 4.74 Å². The maximum Gasteiger partial charge on any atom is 0.229 e. The van der Waals surface area contributed by atoms with Crippen LogP contribution < -0.4 is 4.74 Å². The summed E-state index contributed by atoms with van der Waals surface area (Å²) < 4.78 is 18.7. The molecule has 0 atom stereocenters. The molecule has 0 heterocycles. The van der Waals surface area contributed by atoms with E-state index in [0.29, 0.717) is 0 Å². The summed E-state index contributed by atoms with van der Waals surface area (Å²) in [5, 5.41) is 0.511. The molecular formula is C15H9Cl2FO2. The van der Waals surface area contributed by atoms with Crippen molar-refractivity contribution < 1.29 is 13.9 Å². The second-order valence-electron chi connectivity index (χ2n) is 3.91. The Morgan fingerprint density at radius 3 is 2.50 bits per heavy atom. The van der Waals surface area contributed by atoms with E-state index in [1.807, 2.05) is 0 Å². The predicted molar refractivity (Wildman–Crippen MR) is 77.0 cm³/mol. The van der Waals surface area contributed by atoms with Crippen molar-refractivity contribution in [1.29, 1.82) is 0 Å². The maximum absolute atomic E-state index is 13.6. The highest BCUT2D eigenvalue weighted by Gasteiger charge is 2.16. The molecule has 20 heavy (non-hydrogen) atoms. The van der Waals surface area contributed by atoms with Gasteiger partial charge in [0.15, 0.2) is 17.3 Å². The Morgan fingerprint density at radius 2 is 1.85 bits per heavy atom. The lowest BCUT2D eigenvalue weighted by molar-refractivity contribution is 0.0986. The smallest absolute Gasteiger partial charge is 0.229 e. The minimum Gasteiger partial charge on any atom is -0.451 e. The van der Waals surface area contributed by atoms with Gasteiger partial charge in [-0.2, -0.15) is 0 Å². The summed E-state index contributed by atoms with van der Waals surface area (Å²) in [6, 6.07) is 10.3. The van der Waals surface area contributed by atoms with Crippen molar-refractivity contribution in [1.82, 2.24) is 0 Å². The van der Waals surface area contributed by atoms with Gasteiger partial charge in [-0.3, -0.25) is 4.79 Å². The monoisotopic (exact) mass is 310 g/mol. The van der Waals surface area contributed by atoms with E-state index in [-0.39, 0.29) is 27.1 Å². The van der Waals surface area contributed by atoms with Crippen LogP contribution in [0.1, 0.15) is 10.4 Å². The van der Waals surface area contributed by atoms with Crippen LogP contribution in [-0.2, 0) is 0 Å². The van der Waals surface area contributed by atoms with Crippen LogP contribution in [0, 0.1) is 5.82 Å². The van der Waals surface area contributed by atoms with Crippen molar-refractivity contribution in [3.63, 3.8) is 0 Å². The zero-order valence-electron chi connectivity index (χ0n) is 10.2. The van der Waals surface area contributed by atoms with Crippen LogP contribution >= 0.6 is 23.2 Å². The van der Waals surface area contributed by atoms with Crippen molar-refractivity contribution in [2.24, 2.45) is 0 Å². The van der Waals surface area contributed by atoms with E-state index < -0.39 is 11.6 Å². The fourth-order valence-corrected chi connectivity index (χ4v) is 1.91.